The highest BCUT2D eigenvalue weighted by Gasteiger charge is 2.15. The van der Waals surface area contributed by atoms with E-state index in [9.17, 15) is 9.59 Å². The van der Waals surface area contributed by atoms with Gasteiger partial charge in [0.05, 0.1) is 19.2 Å². The number of hydrogen-bond donors (Lipinski definition) is 1. The lowest BCUT2D eigenvalue weighted by Gasteiger charge is -2.07. The number of rotatable bonds is 8. The molecule has 27 heavy (non-hydrogen) atoms. The second-order valence-electron chi connectivity index (χ2n) is 7.00. The lowest BCUT2D eigenvalue weighted by Crippen LogP contribution is -2.11. The normalized spacial score (nSPS) is 11.4. The average molecular weight is 369 g/mol. The van der Waals surface area contributed by atoms with Gasteiger partial charge < -0.3 is 14.5 Å². The number of furan rings is 1. The van der Waals surface area contributed by atoms with Gasteiger partial charge in [-0.2, -0.15) is 0 Å². The minimum absolute atomic E-state index is 0.0689. The molecular weight excluding hydrogens is 342 g/mol. The standard InChI is InChI=1S/C22H27NO4/c1-14(2)20-12-19(27-21(20)15(3)4)11-10-18(24)13-23-17-8-6-16(7-9-17)22(25)26-5/h6-12,14-15,23H,13H2,1-5H3/b11-10+. The van der Waals surface area contributed by atoms with Crippen LogP contribution in [-0.4, -0.2) is 25.4 Å². The van der Waals surface area contributed by atoms with E-state index in [-0.39, 0.29) is 18.3 Å². The van der Waals surface area contributed by atoms with E-state index in [2.05, 4.69) is 37.7 Å². The van der Waals surface area contributed by atoms with Crippen molar-refractivity contribution in [3.05, 3.63) is 59.1 Å². The van der Waals surface area contributed by atoms with Crippen molar-refractivity contribution in [1.29, 1.82) is 0 Å². The van der Waals surface area contributed by atoms with Crippen LogP contribution in [0.2, 0.25) is 0 Å². The average Bonchev–Trinajstić information content (AvgIpc) is 3.09. The predicted octanol–water partition coefficient (Wildman–Crippen LogP) is 5.01. The van der Waals surface area contributed by atoms with Crippen molar-refractivity contribution < 1.29 is 18.7 Å². The van der Waals surface area contributed by atoms with Crippen molar-refractivity contribution in [3.63, 3.8) is 0 Å². The Labute approximate surface area is 160 Å². The van der Waals surface area contributed by atoms with E-state index in [4.69, 9.17) is 4.42 Å². The summed E-state index contributed by atoms with van der Waals surface area (Å²) < 4.78 is 10.5. The van der Waals surface area contributed by atoms with Gasteiger partial charge >= 0.3 is 5.97 Å². The summed E-state index contributed by atoms with van der Waals surface area (Å²) in [5.74, 6) is 1.88. The summed E-state index contributed by atoms with van der Waals surface area (Å²) in [4.78, 5) is 23.5. The fraction of sp³-hybridized carbons (Fsp3) is 0.364. The molecule has 5 nitrogen and oxygen atoms in total. The zero-order valence-electron chi connectivity index (χ0n) is 16.5. The first-order valence-corrected chi connectivity index (χ1v) is 9.08. The minimum atomic E-state index is -0.388. The lowest BCUT2D eigenvalue weighted by atomic mass is 9.98. The van der Waals surface area contributed by atoms with Crippen LogP contribution in [0.3, 0.4) is 0 Å². The molecule has 0 saturated heterocycles. The van der Waals surface area contributed by atoms with E-state index < -0.39 is 0 Å². The number of anilines is 1. The van der Waals surface area contributed by atoms with E-state index in [1.165, 1.54) is 18.7 Å². The van der Waals surface area contributed by atoms with Crippen molar-refractivity contribution in [2.24, 2.45) is 0 Å². The molecule has 0 spiro atoms. The molecule has 1 aromatic carbocycles. The molecule has 0 amide bonds. The first-order chi connectivity index (χ1) is 12.8. The van der Waals surface area contributed by atoms with Gasteiger partial charge in [-0.3, -0.25) is 4.79 Å². The molecule has 0 unspecified atom stereocenters. The Morgan fingerprint density at radius 3 is 2.30 bits per heavy atom. The summed E-state index contributed by atoms with van der Waals surface area (Å²) in [7, 11) is 1.34. The third-order valence-corrected chi connectivity index (χ3v) is 4.16. The summed E-state index contributed by atoms with van der Waals surface area (Å²) in [5.41, 5.74) is 2.40. The highest BCUT2D eigenvalue weighted by Crippen LogP contribution is 2.29. The second-order valence-corrected chi connectivity index (χ2v) is 7.00. The zero-order chi connectivity index (χ0) is 20.0. The Balaban J connectivity index is 1.95. The van der Waals surface area contributed by atoms with Gasteiger partial charge in [0.25, 0.3) is 0 Å². The maximum absolute atomic E-state index is 12.1. The summed E-state index contributed by atoms with van der Waals surface area (Å²) in [5, 5.41) is 3.03. The molecule has 0 radical (unpaired) electrons. The number of hydrogen-bond acceptors (Lipinski definition) is 5. The number of esters is 1. The zero-order valence-corrected chi connectivity index (χ0v) is 16.5. The van der Waals surface area contributed by atoms with E-state index in [1.54, 1.807) is 30.3 Å². The van der Waals surface area contributed by atoms with Gasteiger partial charge in [0, 0.05) is 11.6 Å². The molecule has 0 atom stereocenters. The van der Waals surface area contributed by atoms with Crippen molar-refractivity contribution in [2.45, 2.75) is 39.5 Å². The molecule has 1 aromatic heterocycles. The van der Waals surface area contributed by atoms with Crippen LogP contribution in [-0.2, 0) is 9.53 Å². The van der Waals surface area contributed by atoms with Crippen LogP contribution in [0.15, 0.2) is 40.8 Å². The second kappa shape index (κ2) is 9.21. The molecule has 2 rings (SSSR count). The van der Waals surface area contributed by atoms with Crippen LogP contribution >= 0.6 is 0 Å². The van der Waals surface area contributed by atoms with E-state index in [1.807, 2.05) is 6.07 Å². The van der Waals surface area contributed by atoms with E-state index >= 15 is 0 Å². The van der Waals surface area contributed by atoms with Gasteiger partial charge in [-0.25, -0.2) is 4.79 Å². The Hall–Kier alpha value is -2.82. The third kappa shape index (κ3) is 5.58. The van der Waals surface area contributed by atoms with Gasteiger partial charge in [0.15, 0.2) is 5.78 Å². The molecular formula is C22H27NO4. The number of benzene rings is 1. The molecule has 2 aromatic rings. The molecule has 0 bridgehead atoms. The van der Waals surface area contributed by atoms with Crippen LogP contribution in [0.1, 0.15) is 67.0 Å². The summed E-state index contributed by atoms with van der Waals surface area (Å²) >= 11 is 0. The topological polar surface area (TPSA) is 68.5 Å². The number of ether oxygens (including phenoxy) is 1. The molecule has 1 heterocycles. The van der Waals surface area contributed by atoms with Crippen LogP contribution in [0, 0.1) is 0 Å². The van der Waals surface area contributed by atoms with Crippen LogP contribution in [0.25, 0.3) is 6.08 Å². The van der Waals surface area contributed by atoms with Gasteiger partial charge in [-0.1, -0.05) is 27.7 Å². The van der Waals surface area contributed by atoms with Gasteiger partial charge in [-0.15, -0.1) is 0 Å². The Bertz CT molecular complexity index is 788. The van der Waals surface area contributed by atoms with E-state index in [0.29, 0.717) is 23.2 Å². The van der Waals surface area contributed by atoms with Crippen molar-refractivity contribution in [3.8, 4) is 0 Å². The highest BCUT2D eigenvalue weighted by atomic mass is 16.5. The molecule has 0 fully saturated rings. The number of methoxy groups -OCH3 is 1. The van der Waals surface area contributed by atoms with Crippen LogP contribution in [0.5, 0.6) is 0 Å². The molecule has 5 heteroatoms. The largest absolute Gasteiger partial charge is 0.465 e. The Morgan fingerprint density at radius 1 is 1.11 bits per heavy atom. The number of nitrogens with one attached hydrogen (secondary N) is 1. The van der Waals surface area contributed by atoms with Gasteiger partial charge in [-0.05, 0) is 54.0 Å². The maximum atomic E-state index is 12.1. The van der Waals surface area contributed by atoms with Crippen LogP contribution in [0.4, 0.5) is 5.69 Å². The van der Waals surface area contributed by atoms with Gasteiger partial charge in [0.1, 0.15) is 11.5 Å². The third-order valence-electron chi connectivity index (χ3n) is 4.16. The van der Waals surface area contributed by atoms with Gasteiger partial charge in [0.2, 0.25) is 0 Å². The lowest BCUT2D eigenvalue weighted by molar-refractivity contribution is -0.113. The first-order valence-electron chi connectivity index (χ1n) is 9.08. The van der Waals surface area contributed by atoms with Crippen molar-refractivity contribution in [2.75, 3.05) is 19.0 Å². The summed E-state index contributed by atoms with van der Waals surface area (Å²) in [6.45, 7) is 8.61. The van der Waals surface area contributed by atoms with Crippen LogP contribution < -0.4 is 5.32 Å². The van der Waals surface area contributed by atoms with Crippen molar-refractivity contribution in [1.82, 2.24) is 0 Å². The predicted molar refractivity (Wildman–Crippen MR) is 107 cm³/mol. The Kier molecular flexibility index (Phi) is 6.99. The molecule has 0 saturated carbocycles. The fourth-order valence-electron chi connectivity index (χ4n) is 2.69. The minimum Gasteiger partial charge on any atom is -0.465 e. The number of carbonyl (C=O) groups excluding carboxylic acids is 2. The summed E-state index contributed by atoms with van der Waals surface area (Å²) in [6, 6.07) is 8.78. The molecule has 144 valence electrons. The maximum Gasteiger partial charge on any atom is 0.337 e. The first kappa shape index (κ1) is 20.5. The fourth-order valence-corrected chi connectivity index (χ4v) is 2.69. The summed E-state index contributed by atoms with van der Waals surface area (Å²) in [6.07, 6.45) is 3.23. The monoisotopic (exact) mass is 369 g/mol. The Morgan fingerprint density at radius 2 is 1.78 bits per heavy atom. The molecule has 0 aliphatic heterocycles. The van der Waals surface area contributed by atoms with Crippen molar-refractivity contribution >= 4 is 23.5 Å². The molecule has 1 N–H and O–H groups in total. The SMILES string of the molecule is COC(=O)c1ccc(NCC(=O)/C=C/c2cc(C(C)C)c(C(C)C)o2)cc1. The molecule has 0 aliphatic rings. The van der Waals surface area contributed by atoms with E-state index in [0.717, 1.165) is 11.4 Å². The number of carbonyl (C=O) groups is 2. The number of ketones is 1. The smallest absolute Gasteiger partial charge is 0.337 e. The quantitative estimate of drug-likeness (QED) is 0.523. The highest BCUT2D eigenvalue weighted by molar-refractivity contribution is 5.96. The molecule has 0 aliphatic carbocycles.